The number of carbonyl (C=O) groups is 1. The Hall–Kier alpha value is -3.49. The highest BCUT2D eigenvalue weighted by Crippen LogP contribution is 2.36. The van der Waals surface area contributed by atoms with Crippen molar-refractivity contribution in [3.63, 3.8) is 0 Å². The number of rotatable bonds is 13. The number of aryl methyl sites for hydroxylation is 1. The molecule has 0 saturated carbocycles. The summed E-state index contributed by atoms with van der Waals surface area (Å²) in [6.07, 6.45) is 8.09. The highest BCUT2D eigenvalue weighted by atomic mass is 32.2. The van der Waals surface area contributed by atoms with Gasteiger partial charge in [-0.3, -0.25) is 4.79 Å². The molecule has 2 aromatic carbocycles. The molecule has 1 aliphatic rings. The molecule has 0 bridgehead atoms. The summed E-state index contributed by atoms with van der Waals surface area (Å²) < 4.78 is 34.8. The van der Waals surface area contributed by atoms with Crippen molar-refractivity contribution in [2.24, 2.45) is 0 Å². The Labute approximate surface area is 230 Å². The number of anilines is 1. The van der Waals surface area contributed by atoms with Gasteiger partial charge in [0.15, 0.2) is 12.0 Å². The molecule has 0 fully saturated rings. The first kappa shape index (κ1) is 28.5. The van der Waals surface area contributed by atoms with Crippen LogP contribution >= 0.6 is 0 Å². The van der Waals surface area contributed by atoms with Gasteiger partial charge in [0.1, 0.15) is 6.54 Å². The topological polar surface area (TPSA) is 104 Å². The predicted molar refractivity (Wildman–Crippen MR) is 152 cm³/mol. The largest absolute Gasteiger partial charge is 0.871 e. The van der Waals surface area contributed by atoms with E-state index in [0.717, 1.165) is 60.9 Å². The van der Waals surface area contributed by atoms with Crippen molar-refractivity contribution < 1.29 is 27.4 Å². The number of unbranched alkanes of at least 4 members (excludes halogenated alkanes) is 2. The van der Waals surface area contributed by atoms with E-state index < -0.39 is 15.9 Å². The molecular weight excluding hydrogens is 512 g/mol. The molecule has 4 rings (SSSR count). The lowest BCUT2D eigenvalue weighted by Gasteiger charge is -2.31. The third kappa shape index (κ3) is 6.75. The molecule has 0 spiro atoms. The van der Waals surface area contributed by atoms with Crippen LogP contribution < -0.4 is 14.6 Å². The maximum Gasteiger partial charge on any atom is 0.213 e. The number of pyridine rings is 1. The smallest absolute Gasteiger partial charge is 0.213 e. The van der Waals surface area contributed by atoms with E-state index in [1.54, 1.807) is 18.3 Å². The molecule has 1 heterocycles. The molecule has 7 nitrogen and oxygen atoms in total. The first-order chi connectivity index (χ1) is 18.7. The van der Waals surface area contributed by atoms with Crippen molar-refractivity contribution in [3.8, 4) is 0 Å². The highest BCUT2D eigenvalue weighted by Gasteiger charge is 2.28. The molecular formula is C31H35N2O5S-. The minimum Gasteiger partial charge on any atom is -0.871 e. The first-order valence-corrected chi connectivity index (χ1v) is 15.2. The van der Waals surface area contributed by atoms with Gasteiger partial charge in [-0.2, -0.15) is 4.57 Å². The molecule has 0 aliphatic heterocycles. The Kier molecular flexibility index (Phi) is 9.20. The van der Waals surface area contributed by atoms with E-state index >= 15 is 0 Å². The fourth-order valence-electron chi connectivity index (χ4n) is 4.91. The summed E-state index contributed by atoms with van der Waals surface area (Å²) >= 11 is 0. The molecule has 39 heavy (non-hydrogen) atoms. The number of fused-ring (bicyclic) bond motifs is 1. The molecule has 8 heteroatoms. The number of aromatic nitrogens is 1. The Morgan fingerprint density at radius 2 is 1.59 bits per heavy atom. The van der Waals surface area contributed by atoms with Crippen molar-refractivity contribution in [2.75, 3.05) is 23.7 Å². The van der Waals surface area contributed by atoms with Crippen LogP contribution in [0.4, 0.5) is 5.69 Å². The Bertz CT molecular complexity index is 1500. The Morgan fingerprint density at radius 1 is 0.923 bits per heavy atom. The van der Waals surface area contributed by atoms with E-state index in [4.69, 9.17) is 0 Å². The van der Waals surface area contributed by atoms with Gasteiger partial charge >= 0.3 is 0 Å². The molecule has 1 aromatic heterocycles. The number of para-hydroxylation sites is 1. The molecule has 0 amide bonds. The molecule has 0 atom stereocenters. The van der Waals surface area contributed by atoms with Crippen LogP contribution in [0.2, 0.25) is 0 Å². The molecule has 0 radical (unpaired) electrons. The van der Waals surface area contributed by atoms with Crippen LogP contribution in [0.5, 0.6) is 0 Å². The summed E-state index contributed by atoms with van der Waals surface area (Å²) in [5.74, 6) is -0.954. The number of hydrogen-bond donors (Lipinski definition) is 0. The number of carbonyl (C=O) groups excluding carboxylic acids is 1. The fourth-order valence-corrected chi connectivity index (χ4v) is 5.39. The first-order valence-electron chi connectivity index (χ1n) is 13.6. The zero-order valence-corrected chi connectivity index (χ0v) is 23.4. The Morgan fingerprint density at radius 3 is 2.21 bits per heavy atom. The van der Waals surface area contributed by atoms with E-state index in [1.807, 2.05) is 53.1 Å². The maximum atomic E-state index is 13.1. The van der Waals surface area contributed by atoms with Crippen molar-refractivity contribution in [3.05, 3.63) is 83.3 Å². The van der Waals surface area contributed by atoms with Crippen LogP contribution in [-0.4, -0.2) is 37.6 Å². The molecule has 0 N–H and O–H groups in total. The number of ketones is 1. The summed E-state index contributed by atoms with van der Waals surface area (Å²) in [4.78, 5) is 15.5. The van der Waals surface area contributed by atoms with Gasteiger partial charge in [-0.05, 0) is 48.2 Å². The van der Waals surface area contributed by atoms with Gasteiger partial charge in [-0.25, -0.2) is 8.42 Å². The van der Waals surface area contributed by atoms with E-state index in [9.17, 15) is 22.9 Å². The number of hydrogen-bond acceptors (Lipinski definition) is 6. The van der Waals surface area contributed by atoms with Crippen molar-refractivity contribution >= 4 is 44.1 Å². The third-order valence-corrected chi connectivity index (χ3v) is 7.87. The van der Waals surface area contributed by atoms with Crippen LogP contribution in [-0.2, 0) is 21.5 Å². The molecule has 0 saturated heterocycles. The van der Waals surface area contributed by atoms with Crippen molar-refractivity contribution in [1.82, 2.24) is 0 Å². The molecule has 1 aliphatic carbocycles. The second kappa shape index (κ2) is 12.6. The second-order valence-electron chi connectivity index (χ2n) is 9.93. The SMILES string of the molecule is CCCCN(CCCC)c1ccc(C2=C([O-])C(=Cc3cc[n+](CCCS(=O)(=O)[O-])c4ccccc34)C2=O)cc1. The summed E-state index contributed by atoms with van der Waals surface area (Å²) in [5, 5.41) is 13.9. The van der Waals surface area contributed by atoms with E-state index in [2.05, 4.69) is 18.7 Å². The van der Waals surface area contributed by atoms with Crippen molar-refractivity contribution in [1.29, 1.82) is 0 Å². The van der Waals surface area contributed by atoms with Crippen LogP contribution in [0.1, 0.15) is 57.1 Å². The van der Waals surface area contributed by atoms with Gasteiger partial charge in [-0.1, -0.05) is 56.7 Å². The van der Waals surface area contributed by atoms with Crippen LogP contribution in [0.25, 0.3) is 22.6 Å². The number of nitrogens with zero attached hydrogens (tertiary/aromatic N) is 2. The molecule has 206 valence electrons. The van der Waals surface area contributed by atoms with Crippen LogP contribution in [0, 0.1) is 0 Å². The van der Waals surface area contributed by atoms with Gasteiger partial charge in [0.25, 0.3) is 0 Å². The van der Waals surface area contributed by atoms with Gasteiger partial charge < -0.3 is 14.6 Å². The zero-order chi connectivity index (χ0) is 28.0. The minimum absolute atomic E-state index is 0.155. The number of benzene rings is 2. The molecule has 3 aromatic rings. The lowest BCUT2D eigenvalue weighted by molar-refractivity contribution is -0.671. The maximum absolute atomic E-state index is 13.1. The fraction of sp³-hybridized carbons (Fsp3) is 0.355. The van der Waals surface area contributed by atoms with Crippen LogP contribution in [0.15, 0.2) is 72.1 Å². The Balaban J connectivity index is 1.58. The van der Waals surface area contributed by atoms with Crippen molar-refractivity contribution in [2.45, 2.75) is 52.5 Å². The van der Waals surface area contributed by atoms with Gasteiger partial charge in [0.2, 0.25) is 5.52 Å². The summed E-state index contributed by atoms with van der Waals surface area (Å²) in [6.45, 7) is 6.69. The van der Waals surface area contributed by atoms with E-state index in [0.29, 0.717) is 12.1 Å². The summed E-state index contributed by atoms with van der Waals surface area (Å²) in [6, 6.07) is 17.0. The highest BCUT2D eigenvalue weighted by molar-refractivity contribution is 7.85. The average molecular weight is 548 g/mol. The standard InChI is InChI=1S/C31H36N2O5S/c1-3-5-17-32(18-6-4-2)25-14-12-23(13-15-25)29-30(34)27(31(29)35)22-24-16-20-33(19-9-21-39(36,37)38)28-11-8-7-10-26(24)28/h7-8,10-16,20,22H,3-6,9,17-19,21H2,1-2H3,(H-,34,35,36,37,38)/p-1. The van der Waals surface area contributed by atoms with Gasteiger partial charge in [0.05, 0.1) is 15.5 Å². The second-order valence-corrected chi connectivity index (χ2v) is 11.5. The zero-order valence-electron chi connectivity index (χ0n) is 22.6. The molecule has 0 unspecified atom stereocenters. The van der Waals surface area contributed by atoms with Crippen LogP contribution in [0.3, 0.4) is 0 Å². The van der Waals surface area contributed by atoms with Gasteiger partial charge in [0, 0.05) is 54.2 Å². The monoisotopic (exact) mass is 547 g/mol. The number of allylic oxidation sites excluding steroid dienone is 2. The lowest BCUT2D eigenvalue weighted by Crippen LogP contribution is -2.35. The lowest BCUT2D eigenvalue weighted by atomic mass is 9.82. The normalized spacial score (nSPS) is 14.7. The third-order valence-electron chi connectivity index (χ3n) is 7.08. The van der Waals surface area contributed by atoms with E-state index in [1.165, 1.54) is 0 Å². The quantitative estimate of drug-likeness (QED) is 0.180. The summed E-state index contributed by atoms with van der Waals surface area (Å²) in [5.41, 5.74) is 3.67. The average Bonchev–Trinajstić information content (AvgIpc) is 2.92. The predicted octanol–water partition coefficient (Wildman–Crippen LogP) is 4.21. The number of Topliss-reactive ketones (excluding diaryl/α,β-unsaturated/α-hetero) is 1. The summed E-state index contributed by atoms with van der Waals surface area (Å²) in [7, 11) is -4.28. The van der Waals surface area contributed by atoms with E-state index in [-0.39, 0.29) is 29.1 Å². The van der Waals surface area contributed by atoms with Gasteiger partial charge in [-0.15, -0.1) is 0 Å². The minimum atomic E-state index is -4.28.